The van der Waals surface area contributed by atoms with Crippen LogP contribution in [0.2, 0.25) is 0 Å². The van der Waals surface area contributed by atoms with Crippen molar-refractivity contribution in [1.82, 2.24) is 10.6 Å². The van der Waals surface area contributed by atoms with E-state index in [0.717, 1.165) is 12.8 Å². The molecule has 3 rings (SSSR count). The van der Waals surface area contributed by atoms with E-state index in [1.165, 1.54) is 12.0 Å². The summed E-state index contributed by atoms with van der Waals surface area (Å²) in [4.78, 5) is 37.0. The number of nitrogens with zero attached hydrogens (tertiary/aromatic N) is 1. The lowest BCUT2D eigenvalue weighted by molar-refractivity contribution is -0.139. The molecule has 1 atom stereocenters. The third-order valence-corrected chi connectivity index (χ3v) is 4.23. The summed E-state index contributed by atoms with van der Waals surface area (Å²) >= 11 is 0. The van der Waals surface area contributed by atoms with Crippen LogP contribution in [0.25, 0.3) is 0 Å². The number of amides is 3. The number of carbonyl (C=O) groups is 3. The lowest BCUT2D eigenvalue weighted by atomic mass is 10.1. The molecule has 8 nitrogen and oxygen atoms in total. The minimum atomic E-state index is -1.03. The Labute approximate surface area is 138 Å². The summed E-state index contributed by atoms with van der Waals surface area (Å²) in [5, 5.41) is 14.5. The molecule has 24 heavy (non-hydrogen) atoms. The fraction of sp³-hybridized carbons (Fsp3) is 0.438. The number of rotatable bonds is 6. The number of nitrogens with one attached hydrogen (secondary N) is 2. The van der Waals surface area contributed by atoms with Crippen molar-refractivity contribution in [1.29, 1.82) is 0 Å². The van der Waals surface area contributed by atoms with Crippen LogP contribution in [-0.4, -0.2) is 49.3 Å². The summed E-state index contributed by atoms with van der Waals surface area (Å²) in [6.07, 6.45) is 1.61. The van der Waals surface area contributed by atoms with E-state index in [1.807, 2.05) is 0 Å². The van der Waals surface area contributed by atoms with Gasteiger partial charge in [0.1, 0.15) is 11.8 Å². The normalized spacial score (nSPS) is 18.0. The van der Waals surface area contributed by atoms with E-state index < -0.39 is 17.9 Å². The van der Waals surface area contributed by atoms with E-state index in [0.29, 0.717) is 24.5 Å². The zero-order chi connectivity index (χ0) is 17.3. The minimum Gasteiger partial charge on any atom is -0.495 e. The second-order valence-electron chi connectivity index (χ2n) is 5.90. The average molecular weight is 333 g/mol. The van der Waals surface area contributed by atoms with Gasteiger partial charge in [0.15, 0.2) is 0 Å². The van der Waals surface area contributed by atoms with E-state index in [1.54, 1.807) is 18.2 Å². The van der Waals surface area contributed by atoms with Crippen molar-refractivity contribution in [3.05, 3.63) is 23.8 Å². The molecule has 3 amide bonds. The largest absolute Gasteiger partial charge is 0.495 e. The highest BCUT2D eigenvalue weighted by atomic mass is 16.5. The van der Waals surface area contributed by atoms with E-state index in [4.69, 9.17) is 4.74 Å². The van der Waals surface area contributed by atoms with Crippen LogP contribution >= 0.6 is 0 Å². The Hall–Kier alpha value is -2.77. The van der Waals surface area contributed by atoms with Gasteiger partial charge in [0.25, 0.3) is 5.91 Å². The van der Waals surface area contributed by atoms with Crippen LogP contribution < -0.4 is 20.3 Å². The maximum atomic E-state index is 12.4. The number of carbonyl (C=O) groups excluding carboxylic acids is 2. The lowest BCUT2D eigenvalue weighted by Gasteiger charge is -2.19. The number of benzene rings is 1. The number of aliphatic carboxylic acids is 1. The third kappa shape index (κ3) is 3.12. The van der Waals surface area contributed by atoms with E-state index in [2.05, 4.69) is 10.6 Å². The average Bonchev–Trinajstić information content (AvgIpc) is 3.32. The molecule has 128 valence electrons. The highest BCUT2D eigenvalue weighted by molar-refractivity contribution is 6.01. The molecule has 8 heteroatoms. The molecular weight excluding hydrogens is 314 g/mol. The van der Waals surface area contributed by atoms with Gasteiger partial charge in [-0.15, -0.1) is 0 Å². The molecule has 0 spiro atoms. The predicted octanol–water partition coefficient (Wildman–Crippen LogP) is 0.818. The first-order valence-electron chi connectivity index (χ1n) is 7.78. The van der Waals surface area contributed by atoms with Gasteiger partial charge < -0.3 is 20.5 Å². The lowest BCUT2D eigenvalue weighted by Crippen LogP contribution is -2.42. The Morgan fingerprint density at radius 2 is 2.17 bits per heavy atom. The SMILES string of the molecule is COc1ccc(C(=O)NC(C(=O)O)C2CC2)cc1N1CCNC1=O. The molecule has 0 bridgehead atoms. The number of urea groups is 1. The monoisotopic (exact) mass is 333 g/mol. The fourth-order valence-electron chi connectivity index (χ4n) is 2.78. The van der Waals surface area contributed by atoms with E-state index >= 15 is 0 Å². The molecule has 1 aliphatic heterocycles. The van der Waals surface area contributed by atoms with Crippen LogP contribution in [0, 0.1) is 5.92 Å². The summed E-state index contributed by atoms with van der Waals surface area (Å²) in [6.45, 7) is 0.987. The Balaban J connectivity index is 1.84. The summed E-state index contributed by atoms with van der Waals surface area (Å²) in [6, 6.07) is 3.57. The summed E-state index contributed by atoms with van der Waals surface area (Å²) in [5.74, 6) is -1.04. The second-order valence-corrected chi connectivity index (χ2v) is 5.90. The summed E-state index contributed by atoms with van der Waals surface area (Å²) in [5.41, 5.74) is 0.774. The van der Waals surface area contributed by atoms with Crippen molar-refractivity contribution < 1.29 is 24.2 Å². The van der Waals surface area contributed by atoms with Gasteiger partial charge in [-0.25, -0.2) is 9.59 Å². The van der Waals surface area contributed by atoms with Crippen LogP contribution in [0.15, 0.2) is 18.2 Å². The Morgan fingerprint density at radius 3 is 2.71 bits per heavy atom. The van der Waals surface area contributed by atoms with Gasteiger partial charge in [0, 0.05) is 18.7 Å². The third-order valence-electron chi connectivity index (χ3n) is 4.23. The molecule has 1 aromatic rings. The van der Waals surface area contributed by atoms with Gasteiger partial charge in [0.2, 0.25) is 0 Å². The maximum Gasteiger partial charge on any atom is 0.326 e. The molecule has 1 saturated heterocycles. The molecule has 3 N–H and O–H groups in total. The topological polar surface area (TPSA) is 108 Å². The number of ether oxygens (including phenoxy) is 1. The van der Waals surface area contributed by atoms with Crippen LogP contribution in [-0.2, 0) is 4.79 Å². The first-order chi connectivity index (χ1) is 11.5. The highest BCUT2D eigenvalue weighted by Crippen LogP contribution is 2.33. The molecule has 1 heterocycles. The van der Waals surface area contributed by atoms with Gasteiger partial charge in [-0.05, 0) is 37.0 Å². The van der Waals surface area contributed by atoms with Gasteiger partial charge in [-0.1, -0.05) is 0 Å². The number of anilines is 1. The van der Waals surface area contributed by atoms with Gasteiger partial charge in [0.05, 0.1) is 12.8 Å². The maximum absolute atomic E-state index is 12.4. The van der Waals surface area contributed by atoms with Crippen molar-refractivity contribution in [2.24, 2.45) is 5.92 Å². The molecule has 1 unspecified atom stereocenters. The highest BCUT2D eigenvalue weighted by Gasteiger charge is 2.37. The van der Waals surface area contributed by atoms with Gasteiger partial charge in [-0.3, -0.25) is 9.69 Å². The molecule has 2 fully saturated rings. The Kier molecular flexibility index (Phi) is 4.28. The fourth-order valence-corrected chi connectivity index (χ4v) is 2.78. The minimum absolute atomic E-state index is 0.00599. The van der Waals surface area contributed by atoms with Crippen molar-refractivity contribution in [3.8, 4) is 5.75 Å². The number of hydrogen-bond acceptors (Lipinski definition) is 4. The van der Waals surface area contributed by atoms with Crippen molar-refractivity contribution in [3.63, 3.8) is 0 Å². The Morgan fingerprint density at radius 1 is 1.42 bits per heavy atom. The van der Waals surface area contributed by atoms with Crippen LogP contribution in [0.5, 0.6) is 5.75 Å². The molecule has 1 aromatic carbocycles. The zero-order valence-corrected chi connectivity index (χ0v) is 13.2. The number of carboxylic acids is 1. The van der Waals surface area contributed by atoms with Crippen LogP contribution in [0.1, 0.15) is 23.2 Å². The smallest absolute Gasteiger partial charge is 0.326 e. The summed E-state index contributed by atoms with van der Waals surface area (Å²) in [7, 11) is 1.49. The van der Waals surface area contributed by atoms with Gasteiger partial charge >= 0.3 is 12.0 Å². The van der Waals surface area contributed by atoms with Gasteiger partial charge in [-0.2, -0.15) is 0 Å². The van der Waals surface area contributed by atoms with Crippen molar-refractivity contribution in [2.75, 3.05) is 25.1 Å². The molecule has 2 aliphatic rings. The number of hydrogen-bond donors (Lipinski definition) is 3. The number of methoxy groups -OCH3 is 1. The number of carboxylic acid groups (broad SMARTS) is 1. The molecule has 1 saturated carbocycles. The van der Waals surface area contributed by atoms with E-state index in [9.17, 15) is 19.5 Å². The predicted molar refractivity (Wildman–Crippen MR) is 85.4 cm³/mol. The molecule has 1 aliphatic carbocycles. The summed E-state index contributed by atoms with van der Waals surface area (Å²) < 4.78 is 5.26. The first kappa shape index (κ1) is 16.1. The van der Waals surface area contributed by atoms with E-state index in [-0.39, 0.29) is 17.5 Å². The molecule has 0 aromatic heterocycles. The second kappa shape index (κ2) is 6.38. The van der Waals surface area contributed by atoms with Crippen LogP contribution in [0.4, 0.5) is 10.5 Å². The Bertz CT molecular complexity index is 686. The van der Waals surface area contributed by atoms with Crippen molar-refractivity contribution in [2.45, 2.75) is 18.9 Å². The standard InChI is InChI=1S/C16H19N3O5/c1-24-12-5-4-10(8-11(12)19-7-6-17-16(19)23)14(20)18-13(15(21)22)9-2-3-9/h4-5,8-9,13H,2-3,6-7H2,1H3,(H,17,23)(H,18,20)(H,21,22). The first-order valence-corrected chi connectivity index (χ1v) is 7.78. The van der Waals surface area contributed by atoms with Crippen LogP contribution in [0.3, 0.4) is 0 Å². The zero-order valence-electron chi connectivity index (χ0n) is 13.2. The molecule has 0 radical (unpaired) electrons. The quantitative estimate of drug-likeness (QED) is 0.714. The van der Waals surface area contributed by atoms with Crippen molar-refractivity contribution >= 4 is 23.6 Å². The molecular formula is C16H19N3O5.